The van der Waals surface area contributed by atoms with E-state index in [2.05, 4.69) is 31.6 Å². The van der Waals surface area contributed by atoms with Crippen LogP contribution in [-0.2, 0) is 9.78 Å². The summed E-state index contributed by atoms with van der Waals surface area (Å²) in [6.45, 7) is 0. The number of anilines is 1. The Kier molecular flexibility index (Phi) is 3.48. The molecule has 0 bridgehead atoms. The largest absolute Gasteiger partial charge is 0.318 e. The Balaban J connectivity index is 2.53. The molecule has 0 unspecified atom stereocenters. The second kappa shape index (κ2) is 4.91. The van der Waals surface area contributed by atoms with E-state index in [1.807, 2.05) is 0 Å². The fourth-order valence-corrected chi connectivity index (χ4v) is 0.662. The van der Waals surface area contributed by atoms with Crippen molar-refractivity contribution in [3.63, 3.8) is 0 Å². The molecule has 1 rings (SSSR count). The molecule has 13 heavy (non-hydrogen) atoms. The fraction of sp³-hybridized carbons (Fsp3) is 0. The summed E-state index contributed by atoms with van der Waals surface area (Å²) in [7, 11) is 0. The van der Waals surface area contributed by atoms with Crippen molar-refractivity contribution in [3.8, 4) is 5.75 Å². The Labute approximate surface area is 73.7 Å². The molecule has 7 heteroatoms. The highest BCUT2D eigenvalue weighted by Gasteiger charge is 1.95. The number of pyridine rings is 1. The first-order chi connectivity index (χ1) is 6.36. The highest BCUT2D eigenvalue weighted by Crippen LogP contribution is 2.10. The summed E-state index contributed by atoms with van der Waals surface area (Å²) in [6.07, 6.45) is 1.87. The number of hydrazine groups is 1. The molecule has 0 atom stereocenters. The SMILES string of the molecule is NOOc1ccc(NNC=O)nc1. The number of nitrogens with two attached hydrogens (primary N) is 1. The van der Waals surface area contributed by atoms with Crippen molar-refractivity contribution in [2.45, 2.75) is 0 Å². The number of carbonyl (C=O) groups excluding carboxylic acids is 1. The number of hydrogen-bond donors (Lipinski definition) is 3. The van der Waals surface area contributed by atoms with Gasteiger partial charge in [0.05, 0.1) is 6.20 Å². The molecule has 70 valence electrons. The lowest BCUT2D eigenvalue weighted by Crippen LogP contribution is -2.19. The van der Waals surface area contributed by atoms with E-state index in [-0.39, 0.29) is 0 Å². The van der Waals surface area contributed by atoms with Crippen molar-refractivity contribution >= 4 is 12.2 Å². The molecule has 1 amide bonds. The first-order valence-electron chi connectivity index (χ1n) is 3.31. The van der Waals surface area contributed by atoms with Gasteiger partial charge in [-0.05, 0) is 12.1 Å². The topological polar surface area (TPSA) is 98.5 Å². The van der Waals surface area contributed by atoms with Crippen LogP contribution in [0.4, 0.5) is 5.82 Å². The standard InChI is InChI=1S/C6H8N4O3/c7-13-12-5-1-2-6(8-3-5)10-9-4-11/h1-4H,7H2,(H,8,10)(H,9,11). The van der Waals surface area contributed by atoms with Crippen molar-refractivity contribution in [3.05, 3.63) is 18.3 Å². The summed E-state index contributed by atoms with van der Waals surface area (Å²) in [6, 6.07) is 3.14. The smallest absolute Gasteiger partial charge is 0.225 e. The molecule has 0 aliphatic rings. The second-order valence-corrected chi connectivity index (χ2v) is 1.95. The summed E-state index contributed by atoms with van der Waals surface area (Å²) in [5.74, 6) is 5.48. The molecule has 1 heterocycles. The number of nitrogens with one attached hydrogen (secondary N) is 2. The molecule has 0 saturated carbocycles. The highest BCUT2D eigenvalue weighted by atomic mass is 17.3. The predicted octanol–water partition coefficient (Wildman–Crippen LogP) is -0.661. The van der Waals surface area contributed by atoms with Crippen molar-refractivity contribution in [2.75, 3.05) is 5.43 Å². The number of rotatable bonds is 5. The van der Waals surface area contributed by atoms with Gasteiger partial charge in [0.1, 0.15) is 5.82 Å². The maximum atomic E-state index is 9.89. The number of hydrogen-bond acceptors (Lipinski definition) is 6. The van der Waals surface area contributed by atoms with E-state index in [9.17, 15) is 4.79 Å². The Hall–Kier alpha value is -1.86. The van der Waals surface area contributed by atoms with E-state index in [0.717, 1.165) is 0 Å². The Morgan fingerprint density at radius 1 is 1.54 bits per heavy atom. The van der Waals surface area contributed by atoms with Crippen LogP contribution >= 0.6 is 0 Å². The summed E-state index contributed by atoms with van der Waals surface area (Å²) < 4.78 is 0. The van der Waals surface area contributed by atoms with Gasteiger partial charge in [-0.25, -0.2) is 4.98 Å². The Morgan fingerprint density at radius 3 is 2.92 bits per heavy atom. The minimum atomic E-state index is 0.360. The molecular formula is C6H8N4O3. The van der Waals surface area contributed by atoms with Gasteiger partial charge >= 0.3 is 0 Å². The third kappa shape index (κ3) is 2.93. The maximum absolute atomic E-state index is 9.89. The first kappa shape index (κ1) is 9.23. The monoisotopic (exact) mass is 184 g/mol. The van der Waals surface area contributed by atoms with Crippen LogP contribution in [0.3, 0.4) is 0 Å². The normalized spacial score (nSPS) is 9.00. The average Bonchev–Trinajstić information content (AvgIpc) is 2.17. The lowest BCUT2D eigenvalue weighted by molar-refractivity contribution is -0.211. The molecule has 7 nitrogen and oxygen atoms in total. The van der Waals surface area contributed by atoms with E-state index < -0.39 is 0 Å². The van der Waals surface area contributed by atoms with Crippen LogP contribution in [0.15, 0.2) is 18.3 Å². The first-order valence-corrected chi connectivity index (χ1v) is 3.31. The van der Waals surface area contributed by atoms with Crippen LogP contribution in [0, 0.1) is 0 Å². The van der Waals surface area contributed by atoms with Crippen LogP contribution < -0.4 is 21.6 Å². The molecule has 1 aromatic rings. The van der Waals surface area contributed by atoms with Crippen LogP contribution in [0.1, 0.15) is 0 Å². The molecule has 1 aromatic heterocycles. The Morgan fingerprint density at radius 2 is 2.38 bits per heavy atom. The summed E-state index contributed by atoms with van der Waals surface area (Å²) in [5.41, 5.74) is 4.73. The van der Waals surface area contributed by atoms with E-state index >= 15 is 0 Å². The van der Waals surface area contributed by atoms with Gasteiger partial charge in [-0.3, -0.25) is 15.6 Å². The quantitative estimate of drug-likeness (QED) is 0.319. The predicted molar refractivity (Wildman–Crippen MR) is 43.0 cm³/mol. The van der Waals surface area contributed by atoms with Crippen LogP contribution in [0.5, 0.6) is 5.75 Å². The Bertz CT molecular complexity index is 263. The number of nitrogens with zero attached hydrogens (tertiary/aromatic N) is 1. The number of amides is 1. The molecule has 0 radical (unpaired) electrons. The van der Waals surface area contributed by atoms with Crippen LogP contribution in [0.2, 0.25) is 0 Å². The summed E-state index contributed by atoms with van der Waals surface area (Å²) >= 11 is 0. The maximum Gasteiger partial charge on any atom is 0.225 e. The lowest BCUT2D eigenvalue weighted by atomic mass is 10.4. The lowest BCUT2D eigenvalue weighted by Gasteiger charge is -2.03. The zero-order valence-corrected chi connectivity index (χ0v) is 6.56. The fourth-order valence-electron chi connectivity index (χ4n) is 0.662. The molecule has 0 saturated heterocycles. The zero-order chi connectivity index (χ0) is 9.52. The van der Waals surface area contributed by atoms with Crippen molar-refractivity contribution in [1.82, 2.24) is 10.4 Å². The highest BCUT2D eigenvalue weighted by molar-refractivity contribution is 5.50. The van der Waals surface area contributed by atoms with Crippen molar-refractivity contribution in [1.29, 1.82) is 0 Å². The van der Waals surface area contributed by atoms with Gasteiger partial charge in [0.2, 0.25) is 6.41 Å². The minimum absolute atomic E-state index is 0.360. The molecule has 0 aliphatic carbocycles. The van der Waals surface area contributed by atoms with Gasteiger partial charge in [0, 0.05) is 0 Å². The van der Waals surface area contributed by atoms with Gasteiger partial charge in [-0.2, -0.15) is 5.90 Å². The molecule has 0 fully saturated rings. The van der Waals surface area contributed by atoms with Crippen LogP contribution in [0.25, 0.3) is 0 Å². The molecule has 0 aromatic carbocycles. The van der Waals surface area contributed by atoms with Crippen LogP contribution in [-0.4, -0.2) is 11.4 Å². The number of carbonyl (C=O) groups is 1. The van der Waals surface area contributed by atoms with Crippen molar-refractivity contribution in [2.24, 2.45) is 5.90 Å². The van der Waals surface area contributed by atoms with Gasteiger partial charge in [-0.15, -0.1) is 0 Å². The molecular weight excluding hydrogens is 176 g/mol. The van der Waals surface area contributed by atoms with Crippen molar-refractivity contribution < 1.29 is 14.7 Å². The minimum Gasteiger partial charge on any atom is -0.318 e. The van der Waals surface area contributed by atoms with Gasteiger partial charge in [0.15, 0.2) is 5.75 Å². The van der Waals surface area contributed by atoms with Gasteiger partial charge < -0.3 is 4.89 Å². The third-order valence-corrected chi connectivity index (χ3v) is 1.14. The average molecular weight is 184 g/mol. The zero-order valence-electron chi connectivity index (χ0n) is 6.56. The molecule has 0 spiro atoms. The number of aromatic nitrogens is 1. The molecule has 0 aliphatic heterocycles. The van der Waals surface area contributed by atoms with Gasteiger partial charge in [0.25, 0.3) is 0 Å². The van der Waals surface area contributed by atoms with E-state index in [1.54, 1.807) is 12.1 Å². The summed E-state index contributed by atoms with van der Waals surface area (Å²) in [4.78, 5) is 22.1. The van der Waals surface area contributed by atoms with Gasteiger partial charge in [-0.1, -0.05) is 4.99 Å². The second-order valence-electron chi connectivity index (χ2n) is 1.95. The molecule has 4 N–H and O–H groups in total. The summed E-state index contributed by atoms with van der Waals surface area (Å²) in [5, 5.41) is 0. The van der Waals surface area contributed by atoms with E-state index in [0.29, 0.717) is 18.0 Å². The third-order valence-electron chi connectivity index (χ3n) is 1.14. The van der Waals surface area contributed by atoms with E-state index in [4.69, 9.17) is 0 Å². The van der Waals surface area contributed by atoms with E-state index in [1.165, 1.54) is 6.20 Å².